The molecule has 1 aromatic rings. The molecule has 1 N–H and O–H groups in total. The van der Waals surface area contributed by atoms with Crippen LogP contribution in [0.4, 0.5) is 5.82 Å². The lowest BCUT2D eigenvalue weighted by molar-refractivity contribution is 0.0768. The van der Waals surface area contributed by atoms with Gasteiger partial charge in [-0.1, -0.05) is 18.5 Å². The first kappa shape index (κ1) is 15.4. The second-order valence-corrected chi connectivity index (χ2v) is 6.37. The Morgan fingerprint density at radius 3 is 3.15 bits per heavy atom. The summed E-state index contributed by atoms with van der Waals surface area (Å²) < 4.78 is 0. The first-order valence-corrected chi connectivity index (χ1v) is 8.52. The third-order valence-corrected chi connectivity index (χ3v) is 4.50. The normalized spacial score (nSPS) is 15.8. The molecular weight excluding hydrogens is 294 g/mol. The number of nitrogens with one attached hydrogen (secondary N) is 1. The highest BCUT2D eigenvalue weighted by Gasteiger charge is 2.20. The van der Waals surface area contributed by atoms with Crippen LogP contribution in [0, 0.1) is 0 Å². The summed E-state index contributed by atoms with van der Waals surface area (Å²) in [6.07, 6.45) is 3.61. The van der Waals surface area contributed by atoms with E-state index in [9.17, 15) is 4.79 Å². The minimum Gasteiger partial charge on any atom is -0.370 e. The Morgan fingerprint density at radius 1 is 1.50 bits per heavy atom. The average Bonchev–Trinajstić information content (AvgIpc) is 2.75. The number of nitrogens with zero attached hydrogens (tertiary/aromatic N) is 2. The number of anilines is 1. The average molecular weight is 314 g/mol. The van der Waals surface area contributed by atoms with Crippen LogP contribution in [0.2, 0.25) is 5.02 Å². The van der Waals surface area contributed by atoms with E-state index in [1.54, 1.807) is 12.3 Å². The van der Waals surface area contributed by atoms with E-state index >= 15 is 0 Å². The minimum absolute atomic E-state index is 0.0134. The third kappa shape index (κ3) is 4.03. The van der Waals surface area contributed by atoms with E-state index in [1.165, 1.54) is 0 Å². The Hall–Kier alpha value is -0.940. The number of rotatable bonds is 4. The molecule has 2 heterocycles. The molecule has 110 valence electrons. The fourth-order valence-electron chi connectivity index (χ4n) is 2.07. The summed E-state index contributed by atoms with van der Waals surface area (Å²) in [7, 11) is 0. The highest BCUT2D eigenvalue weighted by molar-refractivity contribution is 7.99. The van der Waals surface area contributed by atoms with Gasteiger partial charge in [0, 0.05) is 31.6 Å². The van der Waals surface area contributed by atoms with Gasteiger partial charge in [-0.05, 0) is 24.7 Å². The Bertz CT molecular complexity index is 462. The van der Waals surface area contributed by atoms with Gasteiger partial charge < -0.3 is 10.2 Å². The molecule has 1 aliphatic rings. The highest BCUT2D eigenvalue weighted by Crippen LogP contribution is 2.21. The molecule has 0 saturated carbocycles. The number of amides is 1. The fraction of sp³-hybridized carbons (Fsp3) is 0.571. The van der Waals surface area contributed by atoms with E-state index in [0.29, 0.717) is 16.4 Å². The van der Waals surface area contributed by atoms with Crippen molar-refractivity contribution in [1.29, 1.82) is 0 Å². The van der Waals surface area contributed by atoms with Crippen LogP contribution < -0.4 is 5.32 Å². The van der Waals surface area contributed by atoms with Gasteiger partial charge in [0.1, 0.15) is 5.82 Å². The topological polar surface area (TPSA) is 45.2 Å². The van der Waals surface area contributed by atoms with Crippen LogP contribution in [-0.4, -0.2) is 46.9 Å². The van der Waals surface area contributed by atoms with Crippen LogP contribution in [0.1, 0.15) is 30.1 Å². The molecule has 1 aliphatic heterocycles. The van der Waals surface area contributed by atoms with Crippen molar-refractivity contribution in [3.8, 4) is 0 Å². The maximum atomic E-state index is 12.6. The van der Waals surface area contributed by atoms with E-state index in [2.05, 4.69) is 17.2 Å². The maximum absolute atomic E-state index is 12.6. The third-order valence-electron chi connectivity index (χ3n) is 3.15. The lowest BCUT2D eigenvalue weighted by atomic mass is 10.2. The number of carbonyl (C=O) groups is 1. The summed E-state index contributed by atoms with van der Waals surface area (Å²) in [6, 6.07) is 1.76. The standard InChI is InChI=1S/C14H20ClN3OS/c1-2-4-16-13-9-11(12(15)10-17-13)14(19)18-5-3-7-20-8-6-18/h9-10H,2-8H2,1H3,(H,16,17). The van der Waals surface area contributed by atoms with Gasteiger partial charge in [0.05, 0.1) is 10.6 Å². The van der Waals surface area contributed by atoms with Crippen molar-refractivity contribution in [2.24, 2.45) is 0 Å². The van der Waals surface area contributed by atoms with Crippen molar-refractivity contribution in [1.82, 2.24) is 9.88 Å². The van der Waals surface area contributed by atoms with E-state index < -0.39 is 0 Å². The fourth-order valence-corrected chi connectivity index (χ4v) is 3.14. The summed E-state index contributed by atoms with van der Waals surface area (Å²) in [6.45, 7) is 4.52. The molecule has 4 nitrogen and oxygen atoms in total. The molecule has 1 amide bonds. The first-order chi connectivity index (χ1) is 9.72. The first-order valence-electron chi connectivity index (χ1n) is 6.99. The number of halogens is 1. The smallest absolute Gasteiger partial charge is 0.255 e. The molecule has 0 aromatic carbocycles. The van der Waals surface area contributed by atoms with Crippen molar-refractivity contribution in [3.05, 3.63) is 22.8 Å². The summed E-state index contributed by atoms with van der Waals surface area (Å²) in [5.41, 5.74) is 0.548. The molecule has 0 aliphatic carbocycles. The number of pyridine rings is 1. The van der Waals surface area contributed by atoms with Crippen LogP contribution in [-0.2, 0) is 0 Å². The van der Waals surface area contributed by atoms with Crippen molar-refractivity contribution in [2.45, 2.75) is 19.8 Å². The monoisotopic (exact) mass is 313 g/mol. The van der Waals surface area contributed by atoms with Crippen molar-refractivity contribution >= 4 is 35.1 Å². The van der Waals surface area contributed by atoms with Crippen LogP contribution in [0.3, 0.4) is 0 Å². The Labute approximate surface area is 129 Å². The second kappa shape index (κ2) is 7.74. The minimum atomic E-state index is 0.0134. The van der Waals surface area contributed by atoms with Gasteiger partial charge in [-0.2, -0.15) is 11.8 Å². The Kier molecular flexibility index (Phi) is 5.98. The van der Waals surface area contributed by atoms with Crippen LogP contribution in [0.15, 0.2) is 12.3 Å². The number of aromatic nitrogens is 1. The molecule has 1 aromatic heterocycles. The van der Waals surface area contributed by atoms with Crippen molar-refractivity contribution in [2.75, 3.05) is 36.5 Å². The van der Waals surface area contributed by atoms with Gasteiger partial charge >= 0.3 is 0 Å². The zero-order valence-corrected chi connectivity index (χ0v) is 13.3. The molecule has 20 heavy (non-hydrogen) atoms. The quantitative estimate of drug-likeness (QED) is 0.927. The number of thioether (sulfide) groups is 1. The summed E-state index contributed by atoms with van der Waals surface area (Å²) in [4.78, 5) is 18.7. The maximum Gasteiger partial charge on any atom is 0.255 e. The summed E-state index contributed by atoms with van der Waals surface area (Å²) in [5, 5.41) is 3.61. The SMILES string of the molecule is CCCNc1cc(C(=O)N2CCCSCC2)c(Cl)cn1. The molecule has 0 spiro atoms. The molecular formula is C14H20ClN3OS. The zero-order chi connectivity index (χ0) is 14.4. The predicted molar refractivity (Wildman–Crippen MR) is 85.9 cm³/mol. The van der Waals surface area contributed by atoms with Gasteiger partial charge in [-0.15, -0.1) is 0 Å². The van der Waals surface area contributed by atoms with E-state index in [1.807, 2.05) is 16.7 Å². The van der Waals surface area contributed by atoms with E-state index in [0.717, 1.165) is 44.0 Å². The van der Waals surface area contributed by atoms with Gasteiger partial charge in [-0.3, -0.25) is 4.79 Å². The second-order valence-electron chi connectivity index (χ2n) is 4.73. The van der Waals surface area contributed by atoms with Gasteiger partial charge in [-0.25, -0.2) is 4.98 Å². The molecule has 2 rings (SSSR count). The zero-order valence-electron chi connectivity index (χ0n) is 11.7. The van der Waals surface area contributed by atoms with Crippen molar-refractivity contribution in [3.63, 3.8) is 0 Å². The molecule has 0 bridgehead atoms. The molecule has 1 saturated heterocycles. The van der Waals surface area contributed by atoms with Gasteiger partial charge in [0.15, 0.2) is 0 Å². The van der Waals surface area contributed by atoms with E-state index in [-0.39, 0.29) is 5.91 Å². The Morgan fingerprint density at radius 2 is 2.35 bits per heavy atom. The summed E-state index contributed by atoms with van der Waals surface area (Å²) >= 11 is 8.04. The number of carbonyl (C=O) groups excluding carboxylic acids is 1. The lowest BCUT2D eigenvalue weighted by Crippen LogP contribution is -2.33. The highest BCUT2D eigenvalue weighted by atomic mass is 35.5. The van der Waals surface area contributed by atoms with Gasteiger partial charge in [0.25, 0.3) is 5.91 Å². The number of hydrogen-bond acceptors (Lipinski definition) is 4. The Balaban J connectivity index is 2.14. The van der Waals surface area contributed by atoms with Crippen molar-refractivity contribution < 1.29 is 4.79 Å². The molecule has 0 radical (unpaired) electrons. The van der Waals surface area contributed by atoms with Gasteiger partial charge in [0.2, 0.25) is 0 Å². The van der Waals surface area contributed by atoms with E-state index in [4.69, 9.17) is 11.6 Å². The lowest BCUT2D eigenvalue weighted by Gasteiger charge is -2.20. The van der Waals surface area contributed by atoms with Crippen LogP contribution >= 0.6 is 23.4 Å². The molecule has 0 unspecified atom stereocenters. The molecule has 6 heteroatoms. The van der Waals surface area contributed by atoms with Crippen LogP contribution in [0.5, 0.6) is 0 Å². The predicted octanol–water partition coefficient (Wildman–Crippen LogP) is 3.14. The molecule has 1 fully saturated rings. The van der Waals surface area contributed by atoms with Crippen LogP contribution in [0.25, 0.3) is 0 Å². The summed E-state index contributed by atoms with van der Waals surface area (Å²) in [5.74, 6) is 2.84. The number of hydrogen-bond donors (Lipinski definition) is 1. The largest absolute Gasteiger partial charge is 0.370 e. The molecule has 0 atom stereocenters.